The van der Waals surface area contributed by atoms with Crippen LogP contribution in [0, 0.1) is 24.0 Å². The lowest BCUT2D eigenvalue weighted by molar-refractivity contribution is -0.384. The van der Waals surface area contributed by atoms with Crippen LogP contribution in [0.3, 0.4) is 0 Å². The zero-order valence-corrected chi connectivity index (χ0v) is 13.5. The van der Waals surface area contributed by atoms with Crippen LogP contribution in [0.15, 0.2) is 40.1 Å². The number of oxazole rings is 1. The fraction of sp³-hybridized carbons (Fsp3) is 0.188. The van der Waals surface area contributed by atoms with Crippen molar-refractivity contribution in [1.82, 2.24) is 4.98 Å². The molecule has 1 N–H and O–H groups in total. The number of benzene rings is 1. The third-order valence-electron chi connectivity index (χ3n) is 3.50. The molecular formula is C16H15N3O3S. The molecule has 0 saturated carbocycles. The lowest BCUT2D eigenvalue weighted by Crippen LogP contribution is -2.03. The van der Waals surface area contributed by atoms with Crippen LogP contribution < -0.4 is 5.32 Å². The van der Waals surface area contributed by atoms with Gasteiger partial charge in [-0.05, 0) is 30.9 Å². The number of thiophene rings is 1. The van der Waals surface area contributed by atoms with Crippen LogP contribution in [0.5, 0.6) is 0 Å². The Labute approximate surface area is 136 Å². The molecule has 0 aliphatic rings. The Bertz CT molecular complexity index is 840. The molecule has 0 saturated heterocycles. The number of nitrogens with zero attached hydrogens (tertiary/aromatic N) is 2. The molecule has 0 aliphatic heterocycles. The zero-order chi connectivity index (χ0) is 16.4. The Morgan fingerprint density at radius 3 is 2.87 bits per heavy atom. The number of nitro groups is 1. The lowest BCUT2D eigenvalue weighted by atomic mass is 10.2. The minimum absolute atomic E-state index is 0.0641. The number of anilines is 1. The summed E-state index contributed by atoms with van der Waals surface area (Å²) in [6.07, 6.45) is 0. The van der Waals surface area contributed by atoms with Crippen LogP contribution in [0.2, 0.25) is 0 Å². The Morgan fingerprint density at radius 1 is 1.35 bits per heavy atom. The summed E-state index contributed by atoms with van der Waals surface area (Å²) < 4.78 is 5.69. The molecule has 2 heterocycles. The maximum atomic E-state index is 10.9. The summed E-state index contributed by atoms with van der Waals surface area (Å²) in [5.74, 6) is 1.34. The highest BCUT2D eigenvalue weighted by Gasteiger charge is 2.13. The monoisotopic (exact) mass is 329 g/mol. The van der Waals surface area contributed by atoms with Gasteiger partial charge in [0.25, 0.3) is 5.69 Å². The van der Waals surface area contributed by atoms with E-state index in [1.807, 2.05) is 31.4 Å². The second-order valence-electron chi connectivity index (χ2n) is 5.11. The first-order valence-electron chi connectivity index (χ1n) is 7.03. The van der Waals surface area contributed by atoms with E-state index in [2.05, 4.69) is 10.3 Å². The third-order valence-corrected chi connectivity index (χ3v) is 4.36. The fourth-order valence-electron chi connectivity index (χ4n) is 2.19. The average molecular weight is 329 g/mol. The molecule has 0 amide bonds. The fourth-order valence-corrected chi connectivity index (χ4v) is 2.84. The second-order valence-corrected chi connectivity index (χ2v) is 6.06. The van der Waals surface area contributed by atoms with E-state index >= 15 is 0 Å². The van der Waals surface area contributed by atoms with Crippen molar-refractivity contribution in [2.75, 3.05) is 5.32 Å². The number of aryl methyl sites for hydroxylation is 2. The number of aromatic nitrogens is 1. The molecule has 6 nitrogen and oxygen atoms in total. The van der Waals surface area contributed by atoms with E-state index in [-0.39, 0.29) is 5.69 Å². The van der Waals surface area contributed by atoms with Gasteiger partial charge in [0.05, 0.1) is 16.3 Å². The van der Waals surface area contributed by atoms with E-state index in [0.29, 0.717) is 12.4 Å². The Morgan fingerprint density at radius 2 is 2.17 bits per heavy atom. The standard InChI is InChI=1S/C16H15N3O3S/c1-10-5-6-12(19(20)21)8-13(10)17-9-14-11(2)22-16(18-14)15-4-3-7-23-15/h3-8,17H,9H2,1-2H3. The van der Waals surface area contributed by atoms with Gasteiger partial charge >= 0.3 is 0 Å². The smallest absolute Gasteiger partial charge is 0.271 e. The van der Waals surface area contributed by atoms with Crippen LogP contribution in [-0.4, -0.2) is 9.91 Å². The molecule has 118 valence electrons. The van der Waals surface area contributed by atoms with Crippen LogP contribution in [0.1, 0.15) is 17.0 Å². The van der Waals surface area contributed by atoms with Gasteiger partial charge in [0.15, 0.2) is 0 Å². The Hall–Kier alpha value is -2.67. The van der Waals surface area contributed by atoms with E-state index in [0.717, 1.165) is 27.6 Å². The van der Waals surface area contributed by atoms with Crippen molar-refractivity contribution in [2.45, 2.75) is 20.4 Å². The molecule has 3 rings (SSSR count). The highest BCUT2D eigenvalue weighted by Crippen LogP contribution is 2.27. The maximum absolute atomic E-state index is 10.9. The van der Waals surface area contributed by atoms with Crippen LogP contribution in [-0.2, 0) is 6.54 Å². The Kier molecular flexibility index (Phi) is 4.12. The number of hydrogen-bond donors (Lipinski definition) is 1. The van der Waals surface area contributed by atoms with Crippen molar-refractivity contribution in [3.05, 3.63) is 62.8 Å². The lowest BCUT2D eigenvalue weighted by Gasteiger charge is -2.08. The molecule has 7 heteroatoms. The minimum Gasteiger partial charge on any atom is -0.440 e. The number of hydrogen-bond acceptors (Lipinski definition) is 6. The molecule has 0 radical (unpaired) electrons. The van der Waals surface area contributed by atoms with Crippen molar-refractivity contribution in [3.63, 3.8) is 0 Å². The molecule has 0 fully saturated rings. The Balaban J connectivity index is 1.79. The minimum atomic E-state index is -0.402. The molecular weight excluding hydrogens is 314 g/mol. The van der Waals surface area contributed by atoms with Crippen LogP contribution in [0.4, 0.5) is 11.4 Å². The predicted molar refractivity (Wildman–Crippen MR) is 89.7 cm³/mol. The molecule has 0 aliphatic carbocycles. The van der Waals surface area contributed by atoms with E-state index in [4.69, 9.17) is 4.42 Å². The summed E-state index contributed by atoms with van der Waals surface area (Å²) >= 11 is 1.57. The largest absolute Gasteiger partial charge is 0.440 e. The normalized spacial score (nSPS) is 10.7. The van der Waals surface area contributed by atoms with Gasteiger partial charge in [-0.25, -0.2) is 4.98 Å². The zero-order valence-electron chi connectivity index (χ0n) is 12.7. The van der Waals surface area contributed by atoms with E-state index in [1.165, 1.54) is 12.1 Å². The SMILES string of the molecule is Cc1ccc([N+](=O)[O-])cc1NCc1nc(-c2cccs2)oc1C. The van der Waals surface area contributed by atoms with Crippen LogP contribution in [0.25, 0.3) is 10.8 Å². The molecule has 2 aromatic heterocycles. The first-order valence-corrected chi connectivity index (χ1v) is 7.91. The molecule has 3 aromatic rings. The summed E-state index contributed by atoms with van der Waals surface area (Å²) in [7, 11) is 0. The number of rotatable bonds is 5. The highest BCUT2D eigenvalue weighted by atomic mass is 32.1. The second kappa shape index (κ2) is 6.21. The number of nitro benzene ring substituents is 1. The number of non-ortho nitro benzene ring substituents is 1. The predicted octanol–water partition coefficient (Wildman–Crippen LogP) is 4.54. The van der Waals surface area contributed by atoms with E-state index < -0.39 is 4.92 Å². The summed E-state index contributed by atoms with van der Waals surface area (Å²) in [5, 5.41) is 16.1. The van der Waals surface area contributed by atoms with Crippen molar-refractivity contribution in [2.24, 2.45) is 0 Å². The van der Waals surface area contributed by atoms with Gasteiger partial charge in [0, 0.05) is 17.8 Å². The summed E-state index contributed by atoms with van der Waals surface area (Å²) in [6.45, 7) is 4.21. The first-order chi connectivity index (χ1) is 11.0. The molecule has 0 bridgehead atoms. The summed E-state index contributed by atoms with van der Waals surface area (Å²) in [6, 6.07) is 8.66. The maximum Gasteiger partial charge on any atom is 0.271 e. The summed E-state index contributed by atoms with van der Waals surface area (Å²) in [5.41, 5.74) is 2.52. The topological polar surface area (TPSA) is 81.2 Å². The van der Waals surface area contributed by atoms with Crippen molar-refractivity contribution < 1.29 is 9.34 Å². The van der Waals surface area contributed by atoms with Gasteiger partial charge in [0.2, 0.25) is 5.89 Å². The highest BCUT2D eigenvalue weighted by molar-refractivity contribution is 7.13. The van der Waals surface area contributed by atoms with E-state index in [9.17, 15) is 10.1 Å². The molecule has 0 atom stereocenters. The van der Waals surface area contributed by atoms with Gasteiger partial charge < -0.3 is 9.73 Å². The van der Waals surface area contributed by atoms with Gasteiger partial charge in [-0.15, -0.1) is 11.3 Å². The van der Waals surface area contributed by atoms with Crippen molar-refractivity contribution in [3.8, 4) is 10.8 Å². The molecule has 0 spiro atoms. The van der Waals surface area contributed by atoms with Crippen molar-refractivity contribution >= 4 is 22.7 Å². The van der Waals surface area contributed by atoms with Crippen molar-refractivity contribution in [1.29, 1.82) is 0 Å². The molecule has 1 aromatic carbocycles. The quantitative estimate of drug-likeness (QED) is 0.549. The average Bonchev–Trinajstić information content (AvgIpc) is 3.16. The van der Waals surface area contributed by atoms with Gasteiger partial charge in [0.1, 0.15) is 11.5 Å². The first kappa shape index (κ1) is 15.2. The summed E-state index contributed by atoms with van der Waals surface area (Å²) in [4.78, 5) is 16.0. The molecule has 23 heavy (non-hydrogen) atoms. The van der Waals surface area contributed by atoms with Crippen LogP contribution >= 0.6 is 11.3 Å². The van der Waals surface area contributed by atoms with E-state index in [1.54, 1.807) is 17.4 Å². The third kappa shape index (κ3) is 3.24. The molecule has 0 unspecified atom stereocenters. The number of nitrogens with one attached hydrogen (secondary N) is 1. The van der Waals surface area contributed by atoms with Gasteiger partial charge in [-0.3, -0.25) is 10.1 Å². The van der Waals surface area contributed by atoms with Gasteiger partial charge in [-0.2, -0.15) is 0 Å². The van der Waals surface area contributed by atoms with Gasteiger partial charge in [-0.1, -0.05) is 12.1 Å².